The number of nitrogens with one attached hydrogen (secondary N) is 1. The number of hydrogen-bond acceptors (Lipinski definition) is 2. The number of carbonyl (C=O) groups is 1. The summed E-state index contributed by atoms with van der Waals surface area (Å²) < 4.78 is 0. The molecule has 0 spiro atoms. The van der Waals surface area contributed by atoms with Crippen LogP contribution in [0.15, 0.2) is 24.5 Å². The molecule has 0 bridgehead atoms. The second kappa shape index (κ2) is 5.21. The van der Waals surface area contributed by atoms with Crippen molar-refractivity contribution in [3.63, 3.8) is 0 Å². The minimum atomic E-state index is -0.0683. The van der Waals surface area contributed by atoms with Crippen LogP contribution in [0.5, 0.6) is 0 Å². The second-order valence-corrected chi connectivity index (χ2v) is 2.79. The van der Waals surface area contributed by atoms with Crippen molar-refractivity contribution in [2.45, 2.75) is 13.8 Å². The zero-order valence-corrected chi connectivity index (χ0v) is 8.53. The van der Waals surface area contributed by atoms with Gasteiger partial charge in [0.25, 0.3) is 0 Å². The van der Waals surface area contributed by atoms with Gasteiger partial charge in [0.2, 0.25) is 0 Å². The van der Waals surface area contributed by atoms with Gasteiger partial charge in [-0.15, -0.1) is 0 Å². The average Bonchev–Trinajstić information content (AvgIpc) is 2.21. The molecular weight excluding hydrogens is 178 g/mol. The molecule has 0 atom stereocenters. The number of pyridine rings is 1. The molecule has 0 aromatic carbocycles. The third kappa shape index (κ3) is 2.45. The van der Waals surface area contributed by atoms with Crippen LogP contribution in [-0.4, -0.2) is 24.1 Å². The fourth-order valence-corrected chi connectivity index (χ4v) is 1.21. The lowest BCUT2D eigenvalue weighted by Gasteiger charge is -2.20. The number of aromatic nitrogens is 1. The molecule has 1 rings (SSSR count). The zero-order valence-electron chi connectivity index (χ0n) is 8.53. The SMILES string of the molecule is CCNC(=O)N(CC)c1ccncc1. The fourth-order valence-electron chi connectivity index (χ4n) is 1.21. The van der Waals surface area contributed by atoms with E-state index in [1.807, 2.05) is 26.0 Å². The van der Waals surface area contributed by atoms with E-state index in [4.69, 9.17) is 0 Å². The first-order valence-electron chi connectivity index (χ1n) is 4.75. The van der Waals surface area contributed by atoms with Crippen LogP contribution in [0.4, 0.5) is 10.5 Å². The minimum Gasteiger partial charge on any atom is -0.338 e. The van der Waals surface area contributed by atoms with Gasteiger partial charge in [0.15, 0.2) is 0 Å². The first-order chi connectivity index (χ1) is 6.79. The summed E-state index contributed by atoms with van der Waals surface area (Å²) in [5.41, 5.74) is 0.869. The first kappa shape index (κ1) is 10.5. The summed E-state index contributed by atoms with van der Waals surface area (Å²) in [6, 6.07) is 3.57. The number of hydrogen-bond donors (Lipinski definition) is 1. The molecule has 2 amide bonds. The van der Waals surface area contributed by atoms with Crippen molar-refractivity contribution in [1.29, 1.82) is 0 Å². The largest absolute Gasteiger partial charge is 0.338 e. The normalized spacial score (nSPS) is 9.57. The summed E-state index contributed by atoms with van der Waals surface area (Å²) in [4.78, 5) is 17.1. The Morgan fingerprint density at radius 2 is 2.07 bits per heavy atom. The molecule has 1 aromatic rings. The number of carbonyl (C=O) groups excluding carboxylic acids is 1. The van der Waals surface area contributed by atoms with Crippen molar-refractivity contribution in [2.24, 2.45) is 0 Å². The van der Waals surface area contributed by atoms with Crippen molar-refractivity contribution in [3.8, 4) is 0 Å². The molecule has 0 aliphatic heterocycles. The highest BCUT2D eigenvalue weighted by Gasteiger charge is 2.11. The predicted octanol–water partition coefficient (Wildman–Crippen LogP) is 1.64. The Balaban J connectivity index is 2.77. The molecule has 0 saturated carbocycles. The molecule has 1 heterocycles. The van der Waals surface area contributed by atoms with E-state index in [9.17, 15) is 4.79 Å². The predicted molar refractivity (Wildman–Crippen MR) is 56.3 cm³/mol. The molecule has 0 fully saturated rings. The summed E-state index contributed by atoms with van der Waals surface area (Å²) in [5, 5.41) is 2.76. The number of anilines is 1. The topological polar surface area (TPSA) is 45.2 Å². The van der Waals surface area contributed by atoms with Gasteiger partial charge < -0.3 is 5.32 Å². The van der Waals surface area contributed by atoms with Gasteiger partial charge in [-0.05, 0) is 26.0 Å². The van der Waals surface area contributed by atoms with Crippen molar-refractivity contribution < 1.29 is 4.79 Å². The van der Waals surface area contributed by atoms with Gasteiger partial charge in [0.1, 0.15) is 0 Å². The highest BCUT2D eigenvalue weighted by Crippen LogP contribution is 2.11. The smallest absolute Gasteiger partial charge is 0.321 e. The van der Waals surface area contributed by atoms with Gasteiger partial charge in [-0.25, -0.2) is 4.79 Å². The maximum atomic E-state index is 11.6. The van der Waals surface area contributed by atoms with Gasteiger partial charge in [0.05, 0.1) is 0 Å². The van der Waals surface area contributed by atoms with Crippen LogP contribution >= 0.6 is 0 Å². The van der Waals surface area contributed by atoms with Crippen LogP contribution in [-0.2, 0) is 0 Å². The Hall–Kier alpha value is -1.58. The summed E-state index contributed by atoms with van der Waals surface area (Å²) in [5.74, 6) is 0. The van der Waals surface area contributed by atoms with Crippen LogP contribution in [0.3, 0.4) is 0 Å². The monoisotopic (exact) mass is 193 g/mol. The molecule has 0 aliphatic carbocycles. The fraction of sp³-hybridized carbons (Fsp3) is 0.400. The van der Waals surface area contributed by atoms with Gasteiger partial charge in [-0.3, -0.25) is 9.88 Å². The molecule has 0 saturated heterocycles. The Kier molecular flexibility index (Phi) is 3.91. The van der Waals surface area contributed by atoms with Crippen LogP contribution in [0.1, 0.15) is 13.8 Å². The van der Waals surface area contributed by atoms with Crippen LogP contribution < -0.4 is 10.2 Å². The van der Waals surface area contributed by atoms with Crippen molar-refractivity contribution >= 4 is 11.7 Å². The second-order valence-electron chi connectivity index (χ2n) is 2.79. The van der Waals surface area contributed by atoms with E-state index in [1.165, 1.54) is 0 Å². The summed E-state index contributed by atoms with van der Waals surface area (Å²) in [7, 11) is 0. The van der Waals surface area contributed by atoms with Gasteiger partial charge in [0, 0.05) is 31.2 Å². The van der Waals surface area contributed by atoms with Gasteiger partial charge >= 0.3 is 6.03 Å². The summed E-state index contributed by atoms with van der Waals surface area (Å²) in [6.07, 6.45) is 3.36. The lowest BCUT2D eigenvalue weighted by Crippen LogP contribution is -2.39. The van der Waals surface area contributed by atoms with E-state index in [-0.39, 0.29) is 6.03 Å². The Bertz CT molecular complexity index is 287. The third-order valence-electron chi connectivity index (χ3n) is 1.86. The lowest BCUT2D eigenvalue weighted by atomic mass is 10.3. The van der Waals surface area contributed by atoms with E-state index in [0.717, 1.165) is 5.69 Å². The van der Waals surface area contributed by atoms with Gasteiger partial charge in [-0.1, -0.05) is 0 Å². The molecule has 4 heteroatoms. The number of rotatable bonds is 3. The van der Waals surface area contributed by atoms with Crippen LogP contribution in [0, 0.1) is 0 Å². The van der Waals surface area contributed by atoms with Crippen molar-refractivity contribution in [2.75, 3.05) is 18.0 Å². The highest BCUT2D eigenvalue weighted by atomic mass is 16.2. The molecule has 0 unspecified atom stereocenters. The first-order valence-corrected chi connectivity index (χ1v) is 4.75. The maximum absolute atomic E-state index is 11.6. The number of nitrogens with zero attached hydrogens (tertiary/aromatic N) is 2. The van der Waals surface area contributed by atoms with Crippen molar-refractivity contribution in [1.82, 2.24) is 10.3 Å². The molecule has 0 aliphatic rings. The van der Waals surface area contributed by atoms with Crippen LogP contribution in [0.25, 0.3) is 0 Å². The molecule has 0 radical (unpaired) electrons. The summed E-state index contributed by atoms with van der Waals surface area (Å²) in [6.45, 7) is 5.13. The number of amides is 2. The minimum absolute atomic E-state index is 0.0683. The molecule has 14 heavy (non-hydrogen) atoms. The lowest BCUT2D eigenvalue weighted by molar-refractivity contribution is 0.247. The van der Waals surface area contributed by atoms with Crippen molar-refractivity contribution in [3.05, 3.63) is 24.5 Å². The Morgan fingerprint density at radius 1 is 1.43 bits per heavy atom. The standard InChI is InChI=1S/C10H15N3O/c1-3-12-10(14)13(4-2)9-5-7-11-8-6-9/h5-8H,3-4H2,1-2H3,(H,12,14). The van der Waals surface area contributed by atoms with E-state index in [1.54, 1.807) is 17.3 Å². The van der Waals surface area contributed by atoms with E-state index in [0.29, 0.717) is 13.1 Å². The van der Waals surface area contributed by atoms with Crippen LogP contribution in [0.2, 0.25) is 0 Å². The molecule has 4 nitrogen and oxygen atoms in total. The third-order valence-corrected chi connectivity index (χ3v) is 1.86. The Morgan fingerprint density at radius 3 is 2.57 bits per heavy atom. The molecule has 1 aromatic heterocycles. The van der Waals surface area contributed by atoms with E-state index >= 15 is 0 Å². The molecular formula is C10H15N3O. The average molecular weight is 193 g/mol. The number of urea groups is 1. The zero-order chi connectivity index (χ0) is 10.4. The quantitative estimate of drug-likeness (QED) is 0.793. The summed E-state index contributed by atoms with van der Waals surface area (Å²) >= 11 is 0. The highest BCUT2D eigenvalue weighted by molar-refractivity contribution is 5.91. The molecule has 1 N–H and O–H groups in total. The van der Waals surface area contributed by atoms with Gasteiger partial charge in [-0.2, -0.15) is 0 Å². The maximum Gasteiger partial charge on any atom is 0.321 e. The Labute approximate surface area is 83.9 Å². The van der Waals surface area contributed by atoms with E-state index in [2.05, 4.69) is 10.3 Å². The molecule has 76 valence electrons. The van der Waals surface area contributed by atoms with E-state index < -0.39 is 0 Å².